The molecule has 0 saturated heterocycles. The monoisotopic (exact) mass is 332 g/mol. The van der Waals surface area contributed by atoms with Crippen molar-refractivity contribution in [1.29, 1.82) is 0 Å². The molecule has 0 radical (unpaired) electrons. The van der Waals surface area contributed by atoms with E-state index in [1.807, 2.05) is 22.6 Å². The van der Waals surface area contributed by atoms with Gasteiger partial charge < -0.3 is 5.11 Å². The van der Waals surface area contributed by atoms with E-state index in [2.05, 4.69) is 0 Å². The van der Waals surface area contributed by atoms with E-state index in [4.69, 9.17) is 11.6 Å². The van der Waals surface area contributed by atoms with Gasteiger partial charge in [-0.1, -0.05) is 34.2 Å². The van der Waals surface area contributed by atoms with Crippen molar-refractivity contribution < 1.29 is 13.9 Å². The highest BCUT2D eigenvalue weighted by molar-refractivity contribution is 14.1. The van der Waals surface area contributed by atoms with Gasteiger partial charge in [0.2, 0.25) is 0 Å². The van der Waals surface area contributed by atoms with E-state index in [9.17, 15) is 13.9 Å². The lowest BCUT2D eigenvalue weighted by Crippen LogP contribution is -2.05. The Morgan fingerprint density at radius 2 is 2.07 bits per heavy atom. The van der Waals surface area contributed by atoms with Crippen LogP contribution in [0.1, 0.15) is 18.1 Å². The molecule has 0 fully saturated rings. The molecule has 5 heteroatoms. The SMILES string of the molecule is O[C@H](CCI)c1c(F)ccc(Cl)c1F. The summed E-state index contributed by atoms with van der Waals surface area (Å²) in [6, 6.07) is 2.18. The molecule has 1 nitrogen and oxygen atoms in total. The van der Waals surface area contributed by atoms with Crippen molar-refractivity contribution in [2.75, 3.05) is 4.43 Å². The second-order valence-electron chi connectivity index (χ2n) is 2.75. The lowest BCUT2D eigenvalue weighted by atomic mass is 10.1. The lowest BCUT2D eigenvalue weighted by molar-refractivity contribution is 0.166. The summed E-state index contributed by atoms with van der Waals surface area (Å²) in [6.45, 7) is 0. The molecular formula is C9H8ClF2IO. The minimum Gasteiger partial charge on any atom is -0.388 e. The van der Waals surface area contributed by atoms with Crippen molar-refractivity contribution in [2.45, 2.75) is 12.5 Å². The second-order valence-corrected chi connectivity index (χ2v) is 4.24. The van der Waals surface area contributed by atoms with Crippen LogP contribution in [0.4, 0.5) is 8.78 Å². The average molecular weight is 333 g/mol. The van der Waals surface area contributed by atoms with Gasteiger partial charge in [0.25, 0.3) is 0 Å². The predicted molar refractivity (Wildman–Crippen MR) is 59.8 cm³/mol. The van der Waals surface area contributed by atoms with Gasteiger partial charge in [-0.3, -0.25) is 0 Å². The number of hydrogen-bond acceptors (Lipinski definition) is 1. The molecule has 1 aromatic carbocycles. The summed E-state index contributed by atoms with van der Waals surface area (Å²) in [4.78, 5) is 0. The predicted octanol–water partition coefficient (Wildman–Crippen LogP) is 3.48. The van der Waals surface area contributed by atoms with Crippen LogP contribution in [0.5, 0.6) is 0 Å². The van der Waals surface area contributed by atoms with Crippen LogP contribution in [0.3, 0.4) is 0 Å². The van der Waals surface area contributed by atoms with E-state index < -0.39 is 17.7 Å². The maximum Gasteiger partial charge on any atom is 0.150 e. The van der Waals surface area contributed by atoms with Gasteiger partial charge in [0, 0.05) is 4.43 Å². The fraction of sp³-hybridized carbons (Fsp3) is 0.333. The van der Waals surface area contributed by atoms with Crippen molar-refractivity contribution in [3.8, 4) is 0 Å². The minimum atomic E-state index is -1.13. The lowest BCUT2D eigenvalue weighted by Gasteiger charge is -2.11. The molecule has 78 valence electrons. The van der Waals surface area contributed by atoms with Crippen LogP contribution >= 0.6 is 34.2 Å². The summed E-state index contributed by atoms with van der Waals surface area (Å²) < 4.78 is 27.1. The Bertz CT molecular complexity index is 333. The summed E-state index contributed by atoms with van der Waals surface area (Å²) in [6.07, 6.45) is -0.833. The average Bonchev–Trinajstić information content (AvgIpc) is 2.13. The highest BCUT2D eigenvalue weighted by Crippen LogP contribution is 2.28. The second kappa shape index (κ2) is 5.23. The van der Waals surface area contributed by atoms with Gasteiger partial charge in [-0.15, -0.1) is 0 Å². The van der Waals surface area contributed by atoms with E-state index >= 15 is 0 Å². The van der Waals surface area contributed by atoms with Crippen molar-refractivity contribution in [2.24, 2.45) is 0 Å². The third-order valence-electron chi connectivity index (χ3n) is 1.80. The molecule has 1 rings (SSSR count). The summed E-state index contributed by atoms with van der Waals surface area (Å²) in [5.41, 5.74) is -0.339. The smallest absolute Gasteiger partial charge is 0.150 e. The zero-order chi connectivity index (χ0) is 10.7. The van der Waals surface area contributed by atoms with Crippen molar-refractivity contribution >= 4 is 34.2 Å². The van der Waals surface area contributed by atoms with Gasteiger partial charge in [0.15, 0.2) is 5.82 Å². The van der Waals surface area contributed by atoms with Crippen LogP contribution < -0.4 is 0 Å². The summed E-state index contributed by atoms with van der Waals surface area (Å²) >= 11 is 7.50. The summed E-state index contributed by atoms with van der Waals surface area (Å²) in [7, 11) is 0. The van der Waals surface area contributed by atoms with Gasteiger partial charge >= 0.3 is 0 Å². The van der Waals surface area contributed by atoms with Crippen LogP contribution in [-0.4, -0.2) is 9.53 Å². The van der Waals surface area contributed by atoms with Crippen LogP contribution in [0.2, 0.25) is 5.02 Å². The van der Waals surface area contributed by atoms with E-state index in [1.165, 1.54) is 0 Å². The zero-order valence-electron chi connectivity index (χ0n) is 7.11. The summed E-state index contributed by atoms with van der Waals surface area (Å²) in [5.74, 6) is -1.63. The van der Waals surface area contributed by atoms with Gasteiger partial charge in [-0.25, -0.2) is 8.78 Å². The zero-order valence-corrected chi connectivity index (χ0v) is 10.0. The standard InChI is InChI=1S/C9H8ClF2IO/c10-5-1-2-6(11)8(9(5)12)7(14)3-4-13/h1-2,7,14H,3-4H2/t7-/m1/s1. The molecule has 1 atom stereocenters. The molecule has 0 aliphatic heterocycles. The van der Waals surface area contributed by atoms with E-state index in [-0.39, 0.29) is 10.6 Å². The van der Waals surface area contributed by atoms with E-state index in [0.29, 0.717) is 10.8 Å². The van der Waals surface area contributed by atoms with Gasteiger partial charge in [-0.2, -0.15) is 0 Å². The number of halogens is 4. The Balaban J connectivity index is 3.11. The molecule has 0 aliphatic rings. The molecule has 0 unspecified atom stereocenters. The third-order valence-corrected chi connectivity index (χ3v) is 2.71. The Labute approximate surface area is 99.2 Å². The quantitative estimate of drug-likeness (QED) is 0.510. The number of benzene rings is 1. The van der Waals surface area contributed by atoms with Crippen LogP contribution in [0.25, 0.3) is 0 Å². The van der Waals surface area contributed by atoms with E-state index in [0.717, 1.165) is 12.1 Å². The van der Waals surface area contributed by atoms with Crippen molar-refractivity contribution in [1.82, 2.24) is 0 Å². The largest absolute Gasteiger partial charge is 0.388 e. The third kappa shape index (κ3) is 2.55. The van der Waals surface area contributed by atoms with Gasteiger partial charge in [0.1, 0.15) is 5.82 Å². The fourth-order valence-corrected chi connectivity index (χ4v) is 1.85. The molecule has 0 bridgehead atoms. The Hall–Kier alpha value is 0.0600. The molecule has 14 heavy (non-hydrogen) atoms. The number of hydrogen-bond donors (Lipinski definition) is 1. The van der Waals surface area contributed by atoms with Gasteiger partial charge in [0.05, 0.1) is 16.7 Å². The van der Waals surface area contributed by atoms with E-state index in [1.54, 1.807) is 0 Å². The first kappa shape index (κ1) is 12.1. The van der Waals surface area contributed by atoms with Crippen LogP contribution in [0, 0.1) is 11.6 Å². The fourth-order valence-electron chi connectivity index (χ4n) is 1.10. The highest BCUT2D eigenvalue weighted by atomic mass is 127. The number of aliphatic hydroxyl groups is 1. The number of rotatable bonds is 3. The normalized spacial score (nSPS) is 12.9. The van der Waals surface area contributed by atoms with Crippen molar-refractivity contribution in [3.63, 3.8) is 0 Å². The van der Waals surface area contributed by atoms with Gasteiger partial charge in [-0.05, 0) is 18.6 Å². The maximum absolute atomic E-state index is 13.3. The maximum atomic E-state index is 13.3. The number of aliphatic hydroxyl groups excluding tert-OH is 1. The molecule has 0 heterocycles. The molecule has 0 aromatic heterocycles. The van der Waals surface area contributed by atoms with Crippen LogP contribution in [-0.2, 0) is 0 Å². The van der Waals surface area contributed by atoms with Crippen molar-refractivity contribution in [3.05, 3.63) is 34.4 Å². The molecule has 1 N–H and O–H groups in total. The molecule has 0 saturated carbocycles. The first-order valence-electron chi connectivity index (χ1n) is 3.95. The Kier molecular flexibility index (Phi) is 4.53. The molecule has 0 aliphatic carbocycles. The first-order valence-corrected chi connectivity index (χ1v) is 5.85. The molecular weight excluding hydrogens is 324 g/mol. The Morgan fingerprint density at radius 1 is 1.43 bits per heavy atom. The Morgan fingerprint density at radius 3 is 2.64 bits per heavy atom. The molecule has 0 amide bonds. The molecule has 0 spiro atoms. The summed E-state index contributed by atoms with van der Waals surface area (Å²) in [5, 5.41) is 9.29. The first-order chi connectivity index (χ1) is 6.57. The topological polar surface area (TPSA) is 20.2 Å². The molecule has 1 aromatic rings. The van der Waals surface area contributed by atoms with Crippen LogP contribution in [0.15, 0.2) is 12.1 Å². The minimum absolute atomic E-state index is 0.172. The highest BCUT2D eigenvalue weighted by Gasteiger charge is 2.19. The number of alkyl halides is 1.